The van der Waals surface area contributed by atoms with Gasteiger partial charge in [0.2, 0.25) is 0 Å². The van der Waals surface area contributed by atoms with Gasteiger partial charge < -0.3 is 14.8 Å². The summed E-state index contributed by atoms with van der Waals surface area (Å²) >= 11 is 1.64. The number of benzene rings is 1. The van der Waals surface area contributed by atoms with E-state index in [4.69, 9.17) is 9.47 Å². The molecule has 1 saturated heterocycles. The summed E-state index contributed by atoms with van der Waals surface area (Å²) in [6.07, 6.45) is 5.75. The second-order valence-corrected chi connectivity index (χ2v) is 8.47. The summed E-state index contributed by atoms with van der Waals surface area (Å²) in [5, 5.41) is 3.01. The smallest absolute Gasteiger partial charge is 0.265 e. The third kappa shape index (κ3) is 4.10. The zero-order valence-electron chi connectivity index (χ0n) is 15.1. The van der Waals surface area contributed by atoms with Crippen molar-refractivity contribution in [1.29, 1.82) is 0 Å². The molecule has 1 aromatic carbocycles. The summed E-state index contributed by atoms with van der Waals surface area (Å²) in [6.45, 7) is 3.67. The SMILES string of the molecule is C[C@@H]1CCc2sc(C(=O)Nc3cccc(OC[C@H]4CCCO4)c3)cc2C1. The number of hydrogen-bond donors (Lipinski definition) is 1. The number of nitrogens with one attached hydrogen (secondary N) is 1. The van der Waals surface area contributed by atoms with E-state index in [0.717, 1.165) is 48.6 Å². The van der Waals surface area contributed by atoms with Gasteiger partial charge in [-0.05, 0) is 61.8 Å². The number of rotatable bonds is 5. The van der Waals surface area contributed by atoms with Crippen molar-refractivity contribution < 1.29 is 14.3 Å². The number of anilines is 1. The molecule has 26 heavy (non-hydrogen) atoms. The molecular weight excluding hydrogens is 346 g/mol. The second-order valence-electron chi connectivity index (χ2n) is 7.34. The number of aryl methyl sites for hydroxylation is 1. The maximum absolute atomic E-state index is 12.6. The highest BCUT2D eigenvalue weighted by Gasteiger charge is 2.21. The van der Waals surface area contributed by atoms with Crippen molar-refractivity contribution >= 4 is 22.9 Å². The number of ether oxygens (including phenoxy) is 2. The Hall–Kier alpha value is -1.85. The molecule has 1 N–H and O–H groups in total. The number of carbonyl (C=O) groups is 1. The summed E-state index contributed by atoms with van der Waals surface area (Å²) in [5.74, 6) is 1.44. The van der Waals surface area contributed by atoms with Crippen molar-refractivity contribution in [3.63, 3.8) is 0 Å². The molecule has 5 heteroatoms. The number of amides is 1. The zero-order chi connectivity index (χ0) is 17.9. The summed E-state index contributed by atoms with van der Waals surface area (Å²) in [4.78, 5) is 14.8. The molecule has 1 aromatic heterocycles. The van der Waals surface area contributed by atoms with E-state index in [9.17, 15) is 4.79 Å². The maximum Gasteiger partial charge on any atom is 0.265 e. The van der Waals surface area contributed by atoms with Gasteiger partial charge in [-0.2, -0.15) is 0 Å². The Morgan fingerprint density at radius 1 is 1.35 bits per heavy atom. The lowest BCUT2D eigenvalue weighted by molar-refractivity contribution is 0.0680. The largest absolute Gasteiger partial charge is 0.491 e. The minimum atomic E-state index is -0.0340. The van der Waals surface area contributed by atoms with Gasteiger partial charge in [0.1, 0.15) is 12.4 Å². The minimum Gasteiger partial charge on any atom is -0.491 e. The van der Waals surface area contributed by atoms with Crippen LogP contribution in [0.4, 0.5) is 5.69 Å². The van der Waals surface area contributed by atoms with Crippen molar-refractivity contribution in [2.24, 2.45) is 5.92 Å². The Morgan fingerprint density at radius 3 is 3.12 bits per heavy atom. The molecule has 138 valence electrons. The predicted molar refractivity (Wildman–Crippen MR) is 104 cm³/mol. The van der Waals surface area contributed by atoms with E-state index in [2.05, 4.69) is 18.3 Å². The maximum atomic E-state index is 12.6. The van der Waals surface area contributed by atoms with Gasteiger partial charge in [0, 0.05) is 23.2 Å². The van der Waals surface area contributed by atoms with Gasteiger partial charge in [-0.15, -0.1) is 11.3 Å². The molecule has 0 spiro atoms. The molecule has 2 aromatic rings. The average molecular weight is 372 g/mol. The van der Waals surface area contributed by atoms with Gasteiger partial charge in [0.25, 0.3) is 5.91 Å². The molecule has 2 heterocycles. The van der Waals surface area contributed by atoms with E-state index in [1.165, 1.54) is 16.9 Å². The van der Waals surface area contributed by atoms with Crippen LogP contribution in [-0.4, -0.2) is 25.2 Å². The normalized spacial score (nSPS) is 22.0. The molecule has 1 fully saturated rings. The summed E-state index contributed by atoms with van der Waals surface area (Å²) in [6, 6.07) is 9.66. The Kier molecular flexibility index (Phi) is 5.27. The van der Waals surface area contributed by atoms with Crippen LogP contribution in [0.25, 0.3) is 0 Å². The van der Waals surface area contributed by atoms with E-state index in [-0.39, 0.29) is 12.0 Å². The van der Waals surface area contributed by atoms with Gasteiger partial charge in [0.05, 0.1) is 11.0 Å². The van der Waals surface area contributed by atoms with Crippen LogP contribution < -0.4 is 10.1 Å². The van der Waals surface area contributed by atoms with Crippen LogP contribution >= 0.6 is 11.3 Å². The van der Waals surface area contributed by atoms with E-state index in [1.54, 1.807) is 11.3 Å². The van der Waals surface area contributed by atoms with Crippen LogP contribution in [-0.2, 0) is 17.6 Å². The zero-order valence-corrected chi connectivity index (χ0v) is 15.9. The Bertz CT molecular complexity index is 779. The van der Waals surface area contributed by atoms with Gasteiger partial charge in [-0.3, -0.25) is 4.79 Å². The van der Waals surface area contributed by atoms with Crippen LogP contribution in [0.3, 0.4) is 0 Å². The standard InChI is InChI=1S/C21H25NO3S/c1-14-7-8-19-15(10-14)11-20(26-19)21(23)22-16-4-2-5-17(12-16)25-13-18-6-3-9-24-18/h2,4-5,11-12,14,18H,3,6-10,13H2,1H3,(H,22,23)/t14-,18-/m1/s1. The summed E-state index contributed by atoms with van der Waals surface area (Å²) in [5.41, 5.74) is 2.12. The molecule has 1 aliphatic heterocycles. The molecule has 1 aliphatic carbocycles. The molecule has 1 amide bonds. The Labute approximate surface area is 158 Å². The molecular formula is C21H25NO3S. The van der Waals surface area contributed by atoms with Crippen LogP contribution in [0.2, 0.25) is 0 Å². The van der Waals surface area contributed by atoms with Gasteiger partial charge in [-0.1, -0.05) is 13.0 Å². The lowest BCUT2D eigenvalue weighted by Gasteiger charge is -2.16. The predicted octanol–water partition coefficient (Wildman–Crippen LogP) is 4.68. The van der Waals surface area contributed by atoms with Crippen molar-refractivity contribution in [2.75, 3.05) is 18.5 Å². The first-order chi connectivity index (χ1) is 12.7. The lowest BCUT2D eigenvalue weighted by atomic mass is 9.90. The highest BCUT2D eigenvalue weighted by molar-refractivity contribution is 7.14. The number of carbonyl (C=O) groups excluding carboxylic acids is 1. The molecule has 0 unspecified atom stereocenters. The first-order valence-electron chi connectivity index (χ1n) is 9.45. The van der Waals surface area contributed by atoms with E-state index < -0.39 is 0 Å². The molecule has 2 aliphatic rings. The van der Waals surface area contributed by atoms with Gasteiger partial charge in [-0.25, -0.2) is 0 Å². The number of fused-ring (bicyclic) bond motifs is 1. The molecule has 0 bridgehead atoms. The topological polar surface area (TPSA) is 47.6 Å². The second kappa shape index (κ2) is 7.80. The van der Waals surface area contributed by atoms with Crippen LogP contribution in [0, 0.1) is 5.92 Å². The molecule has 4 rings (SSSR count). The quantitative estimate of drug-likeness (QED) is 0.830. The minimum absolute atomic E-state index is 0.0340. The fraction of sp³-hybridized carbons (Fsp3) is 0.476. The van der Waals surface area contributed by atoms with Crippen molar-refractivity contribution in [3.05, 3.63) is 45.6 Å². The number of thiophene rings is 1. The molecule has 0 radical (unpaired) electrons. The summed E-state index contributed by atoms with van der Waals surface area (Å²) < 4.78 is 11.4. The van der Waals surface area contributed by atoms with Crippen LogP contribution in [0.15, 0.2) is 30.3 Å². The first kappa shape index (κ1) is 17.6. The molecule has 0 saturated carbocycles. The monoisotopic (exact) mass is 371 g/mol. The van der Waals surface area contributed by atoms with Crippen molar-refractivity contribution in [3.8, 4) is 5.75 Å². The molecule has 2 atom stereocenters. The Balaban J connectivity index is 1.39. The molecule has 4 nitrogen and oxygen atoms in total. The lowest BCUT2D eigenvalue weighted by Crippen LogP contribution is -2.16. The Morgan fingerprint density at radius 2 is 2.27 bits per heavy atom. The van der Waals surface area contributed by atoms with E-state index in [1.807, 2.05) is 24.3 Å². The van der Waals surface area contributed by atoms with E-state index in [0.29, 0.717) is 12.5 Å². The van der Waals surface area contributed by atoms with Crippen molar-refractivity contribution in [1.82, 2.24) is 0 Å². The van der Waals surface area contributed by atoms with E-state index >= 15 is 0 Å². The van der Waals surface area contributed by atoms with Gasteiger partial charge >= 0.3 is 0 Å². The van der Waals surface area contributed by atoms with Crippen LogP contribution in [0.5, 0.6) is 5.75 Å². The van der Waals surface area contributed by atoms with Gasteiger partial charge in [0.15, 0.2) is 0 Å². The fourth-order valence-corrected chi connectivity index (χ4v) is 4.74. The third-order valence-electron chi connectivity index (χ3n) is 5.10. The number of hydrogen-bond acceptors (Lipinski definition) is 4. The first-order valence-corrected chi connectivity index (χ1v) is 10.3. The fourth-order valence-electron chi connectivity index (χ4n) is 3.64. The summed E-state index contributed by atoms with van der Waals surface area (Å²) in [7, 11) is 0. The highest BCUT2D eigenvalue weighted by Crippen LogP contribution is 2.32. The highest BCUT2D eigenvalue weighted by atomic mass is 32.1. The third-order valence-corrected chi connectivity index (χ3v) is 6.34. The average Bonchev–Trinajstić information content (AvgIpc) is 3.29. The van der Waals surface area contributed by atoms with Crippen LogP contribution in [0.1, 0.15) is 46.3 Å². The van der Waals surface area contributed by atoms with Crippen molar-refractivity contribution in [2.45, 2.75) is 45.1 Å².